The third-order valence-electron chi connectivity index (χ3n) is 4.03. The van der Waals surface area contributed by atoms with Crippen LogP contribution in [0.5, 0.6) is 11.5 Å². The van der Waals surface area contributed by atoms with E-state index in [0.717, 1.165) is 22.9 Å². The average molecular weight is 337 g/mol. The maximum absolute atomic E-state index is 5.65. The first-order chi connectivity index (χ1) is 12.1. The molecule has 0 aliphatic carbocycles. The molecular weight excluding hydrogens is 318 g/mol. The molecule has 2 aromatic carbocycles. The Morgan fingerprint density at radius 3 is 2.56 bits per heavy atom. The molecule has 1 aromatic heterocycles. The smallest absolute Gasteiger partial charge is 0.181 e. The summed E-state index contributed by atoms with van der Waals surface area (Å²) in [6.07, 6.45) is 0. The summed E-state index contributed by atoms with van der Waals surface area (Å²) in [5, 5.41) is 15.7. The fraction of sp³-hybridized carbons (Fsp3) is 0.278. The van der Waals surface area contributed by atoms with E-state index in [1.54, 1.807) is 4.68 Å². The molecular formula is C18H19N5O2. The van der Waals surface area contributed by atoms with Crippen LogP contribution >= 0.6 is 0 Å². The lowest BCUT2D eigenvalue weighted by molar-refractivity contribution is 0.171. The first-order valence-electron chi connectivity index (χ1n) is 8.16. The predicted octanol–water partition coefficient (Wildman–Crippen LogP) is 2.78. The maximum atomic E-state index is 5.65. The first kappa shape index (κ1) is 15.4. The average Bonchev–Trinajstić information content (AvgIpc) is 3.13. The SMILES string of the molecule is CC(C)(Nc1ccc2c(c1)OCCO2)c1nnnn1-c1ccccc1. The molecule has 0 bridgehead atoms. The second kappa shape index (κ2) is 6.08. The number of anilines is 1. The number of ether oxygens (including phenoxy) is 2. The molecule has 0 radical (unpaired) electrons. The molecule has 1 aliphatic rings. The summed E-state index contributed by atoms with van der Waals surface area (Å²) in [5.41, 5.74) is 1.33. The molecule has 25 heavy (non-hydrogen) atoms. The highest BCUT2D eigenvalue weighted by Gasteiger charge is 2.28. The summed E-state index contributed by atoms with van der Waals surface area (Å²) in [7, 11) is 0. The van der Waals surface area contributed by atoms with Crippen LogP contribution < -0.4 is 14.8 Å². The van der Waals surface area contributed by atoms with Crippen molar-refractivity contribution in [2.24, 2.45) is 0 Å². The van der Waals surface area contributed by atoms with E-state index >= 15 is 0 Å². The highest BCUT2D eigenvalue weighted by atomic mass is 16.6. The van der Waals surface area contributed by atoms with Gasteiger partial charge in [-0.1, -0.05) is 18.2 Å². The molecule has 2 heterocycles. The zero-order chi connectivity index (χ0) is 17.3. The molecule has 0 saturated heterocycles. The van der Waals surface area contributed by atoms with E-state index in [1.165, 1.54) is 0 Å². The van der Waals surface area contributed by atoms with Crippen LogP contribution in [0.15, 0.2) is 48.5 Å². The third-order valence-corrected chi connectivity index (χ3v) is 4.03. The minimum atomic E-state index is -0.497. The number of hydrogen-bond donors (Lipinski definition) is 1. The van der Waals surface area contributed by atoms with Crippen LogP contribution in [0, 0.1) is 0 Å². The molecule has 0 saturated carbocycles. The summed E-state index contributed by atoms with van der Waals surface area (Å²) in [6.45, 7) is 5.22. The van der Waals surface area contributed by atoms with Crippen LogP contribution in [0.2, 0.25) is 0 Å². The lowest BCUT2D eigenvalue weighted by atomic mass is 10.0. The van der Waals surface area contributed by atoms with E-state index in [9.17, 15) is 0 Å². The van der Waals surface area contributed by atoms with Gasteiger partial charge in [0.15, 0.2) is 17.3 Å². The molecule has 0 unspecified atom stereocenters. The number of nitrogens with one attached hydrogen (secondary N) is 1. The van der Waals surface area contributed by atoms with Gasteiger partial charge < -0.3 is 14.8 Å². The first-order valence-corrected chi connectivity index (χ1v) is 8.16. The van der Waals surface area contributed by atoms with Gasteiger partial charge in [-0.15, -0.1) is 5.10 Å². The molecule has 0 spiro atoms. The molecule has 0 amide bonds. The Bertz CT molecular complexity index is 876. The van der Waals surface area contributed by atoms with E-state index in [2.05, 4.69) is 20.8 Å². The Balaban J connectivity index is 1.64. The van der Waals surface area contributed by atoms with Gasteiger partial charge in [0.2, 0.25) is 0 Å². The van der Waals surface area contributed by atoms with E-state index in [0.29, 0.717) is 19.0 Å². The second-order valence-corrected chi connectivity index (χ2v) is 6.36. The number of nitrogens with zero attached hydrogens (tertiary/aromatic N) is 4. The minimum Gasteiger partial charge on any atom is -0.486 e. The summed E-state index contributed by atoms with van der Waals surface area (Å²) < 4.78 is 13.0. The lowest BCUT2D eigenvalue weighted by Crippen LogP contribution is -2.32. The molecule has 1 aliphatic heterocycles. The van der Waals surface area contributed by atoms with Crippen molar-refractivity contribution < 1.29 is 9.47 Å². The van der Waals surface area contributed by atoms with E-state index in [1.807, 2.05) is 62.4 Å². The van der Waals surface area contributed by atoms with Crippen molar-refractivity contribution in [2.75, 3.05) is 18.5 Å². The Morgan fingerprint density at radius 1 is 1.00 bits per heavy atom. The Hall–Kier alpha value is -3.09. The highest BCUT2D eigenvalue weighted by Crippen LogP contribution is 2.34. The number of fused-ring (bicyclic) bond motifs is 1. The van der Waals surface area contributed by atoms with Crippen LogP contribution in [-0.4, -0.2) is 33.4 Å². The van der Waals surface area contributed by atoms with Crippen LogP contribution in [0.4, 0.5) is 5.69 Å². The molecule has 7 heteroatoms. The van der Waals surface area contributed by atoms with Gasteiger partial charge in [0.05, 0.1) is 11.2 Å². The van der Waals surface area contributed by atoms with Gasteiger partial charge in [-0.05, 0) is 48.5 Å². The van der Waals surface area contributed by atoms with Crippen LogP contribution in [0.1, 0.15) is 19.7 Å². The van der Waals surface area contributed by atoms with Gasteiger partial charge in [0, 0.05) is 11.8 Å². The third kappa shape index (κ3) is 3.00. The van der Waals surface area contributed by atoms with Gasteiger partial charge in [0.25, 0.3) is 0 Å². The van der Waals surface area contributed by atoms with Gasteiger partial charge in [-0.2, -0.15) is 4.68 Å². The number of rotatable bonds is 4. The fourth-order valence-electron chi connectivity index (χ4n) is 2.86. The lowest BCUT2D eigenvalue weighted by Gasteiger charge is -2.27. The zero-order valence-electron chi connectivity index (χ0n) is 14.1. The molecule has 0 atom stereocenters. The highest BCUT2D eigenvalue weighted by molar-refractivity contribution is 5.56. The van der Waals surface area contributed by atoms with E-state index in [4.69, 9.17) is 9.47 Å². The molecule has 0 fully saturated rings. The number of para-hydroxylation sites is 1. The summed E-state index contributed by atoms with van der Waals surface area (Å²) in [6, 6.07) is 15.6. The Labute approximate surface area is 145 Å². The topological polar surface area (TPSA) is 74.1 Å². The number of tetrazole rings is 1. The summed E-state index contributed by atoms with van der Waals surface area (Å²) in [4.78, 5) is 0. The van der Waals surface area contributed by atoms with Crippen molar-refractivity contribution in [1.82, 2.24) is 20.2 Å². The van der Waals surface area contributed by atoms with Crippen molar-refractivity contribution in [1.29, 1.82) is 0 Å². The van der Waals surface area contributed by atoms with E-state index < -0.39 is 5.54 Å². The standard InChI is InChI=1S/C18H19N5O2/c1-18(2,17-20-21-22-23(17)14-6-4-3-5-7-14)19-13-8-9-15-16(12-13)25-11-10-24-15/h3-9,12,19H,10-11H2,1-2H3. The normalized spacial score (nSPS) is 13.5. The largest absolute Gasteiger partial charge is 0.486 e. The molecule has 128 valence electrons. The van der Waals surface area contributed by atoms with Crippen molar-refractivity contribution in [3.8, 4) is 17.2 Å². The summed E-state index contributed by atoms with van der Waals surface area (Å²) >= 11 is 0. The van der Waals surface area contributed by atoms with Gasteiger partial charge in [-0.25, -0.2) is 0 Å². The molecule has 7 nitrogen and oxygen atoms in total. The summed E-state index contributed by atoms with van der Waals surface area (Å²) in [5.74, 6) is 2.23. The second-order valence-electron chi connectivity index (χ2n) is 6.36. The van der Waals surface area contributed by atoms with Crippen LogP contribution in [0.3, 0.4) is 0 Å². The number of benzene rings is 2. The molecule has 4 rings (SSSR count). The van der Waals surface area contributed by atoms with Gasteiger partial charge >= 0.3 is 0 Å². The number of aromatic nitrogens is 4. The fourth-order valence-corrected chi connectivity index (χ4v) is 2.86. The van der Waals surface area contributed by atoms with Crippen molar-refractivity contribution in [2.45, 2.75) is 19.4 Å². The predicted molar refractivity (Wildman–Crippen MR) is 93.2 cm³/mol. The quantitative estimate of drug-likeness (QED) is 0.789. The Morgan fingerprint density at radius 2 is 1.76 bits per heavy atom. The van der Waals surface area contributed by atoms with Crippen LogP contribution in [0.25, 0.3) is 5.69 Å². The minimum absolute atomic E-state index is 0.497. The zero-order valence-corrected chi connectivity index (χ0v) is 14.1. The van der Waals surface area contributed by atoms with Crippen molar-refractivity contribution in [3.63, 3.8) is 0 Å². The van der Waals surface area contributed by atoms with Gasteiger partial charge in [-0.3, -0.25) is 0 Å². The van der Waals surface area contributed by atoms with Gasteiger partial charge in [0.1, 0.15) is 13.2 Å². The van der Waals surface area contributed by atoms with Crippen molar-refractivity contribution in [3.05, 3.63) is 54.4 Å². The number of hydrogen-bond acceptors (Lipinski definition) is 6. The van der Waals surface area contributed by atoms with Crippen LogP contribution in [-0.2, 0) is 5.54 Å². The Kier molecular flexibility index (Phi) is 3.76. The van der Waals surface area contributed by atoms with E-state index in [-0.39, 0.29) is 0 Å². The molecule has 1 N–H and O–H groups in total. The maximum Gasteiger partial charge on any atom is 0.181 e. The molecule has 3 aromatic rings. The monoisotopic (exact) mass is 337 g/mol. The van der Waals surface area contributed by atoms with Crippen molar-refractivity contribution >= 4 is 5.69 Å².